The Hall–Kier alpha value is -5.68. The van der Waals surface area contributed by atoms with Gasteiger partial charge in [-0.3, -0.25) is 9.88 Å². The van der Waals surface area contributed by atoms with Gasteiger partial charge in [-0.25, -0.2) is 22.6 Å². The summed E-state index contributed by atoms with van der Waals surface area (Å²) < 4.78 is 97.1. The molecule has 10 rings (SSSR count). The summed E-state index contributed by atoms with van der Waals surface area (Å²) in [6.07, 6.45) is 2.04. The van der Waals surface area contributed by atoms with E-state index in [1.54, 1.807) is 12.1 Å². The fourth-order valence-electron chi connectivity index (χ4n) is 11.6. The zero-order valence-corrected chi connectivity index (χ0v) is 40.4. The maximum atomic E-state index is 18.3. The highest BCUT2D eigenvalue weighted by atomic mass is 28.3. The lowest BCUT2D eigenvalue weighted by Crippen LogP contribution is -2.43. The largest absolute Gasteiger partial charge is 0.461 e. The van der Waals surface area contributed by atoms with Gasteiger partial charge in [-0.05, 0) is 66.0 Å². The van der Waals surface area contributed by atoms with Crippen molar-refractivity contribution in [2.75, 3.05) is 44.3 Å². The van der Waals surface area contributed by atoms with Gasteiger partial charge in [0, 0.05) is 59.7 Å². The first-order valence-electron chi connectivity index (χ1n) is 25.0. The van der Waals surface area contributed by atoms with E-state index in [-0.39, 0.29) is 80.0 Å². The number of hydrogen-bond donors (Lipinski definition) is 0. The second-order valence-electron chi connectivity index (χ2n) is 19.9. The molecule has 0 bridgehead atoms. The Morgan fingerprint density at radius 2 is 1.65 bits per heavy atom. The van der Waals surface area contributed by atoms with Crippen LogP contribution in [0.3, 0.4) is 0 Å². The van der Waals surface area contributed by atoms with Crippen LogP contribution in [0, 0.1) is 34.8 Å². The number of hydrogen-bond acceptors (Lipinski definition) is 8. The van der Waals surface area contributed by atoms with Gasteiger partial charge in [0.2, 0.25) is 0 Å². The summed E-state index contributed by atoms with van der Waals surface area (Å²) in [5.74, 6) is 0.532. The van der Waals surface area contributed by atoms with E-state index in [1.165, 1.54) is 6.20 Å². The molecule has 4 aliphatic rings. The van der Waals surface area contributed by atoms with E-state index in [0.717, 1.165) is 23.6 Å². The van der Waals surface area contributed by atoms with E-state index < -0.39 is 49.8 Å². The lowest BCUT2D eigenvalue weighted by molar-refractivity contribution is 0.107. The number of aliphatic imine (C=N–C) groups is 1. The predicted molar refractivity (Wildman–Crippen MR) is 265 cm³/mol. The van der Waals surface area contributed by atoms with Crippen LogP contribution in [0.5, 0.6) is 6.01 Å². The third-order valence-electron chi connectivity index (χ3n) is 14.9. The summed E-state index contributed by atoms with van der Waals surface area (Å²) in [5, 5.41) is 0.645. The number of alkyl halides is 1. The van der Waals surface area contributed by atoms with Crippen LogP contribution in [0.15, 0.2) is 90.1 Å². The van der Waals surface area contributed by atoms with Crippen LogP contribution in [0.1, 0.15) is 86.7 Å². The summed E-state index contributed by atoms with van der Waals surface area (Å²) in [6.45, 7) is 12.3. The lowest BCUT2D eigenvalue weighted by atomic mass is 9.94. The van der Waals surface area contributed by atoms with Crippen LogP contribution in [0.2, 0.25) is 16.6 Å². The van der Waals surface area contributed by atoms with Crippen molar-refractivity contribution in [1.82, 2.24) is 19.9 Å². The monoisotopic (exact) mass is 940 g/mol. The van der Waals surface area contributed by atoms with E-state index >= 15 is 17.6 Å². The lowest BCUT2D eigenvalue weighted by Gasteiger charge is -2.38. The van der Waals surface area contributed by atoms with Crippen molar-refractivity contribution in [3.05, 3.63) is 119 Å². The van der Waals surface area contributed by atoms with Crippen molar-refractivity contribution in [2.24, 2.45) is 10.9 Å². The Morgan fingerprint density at radius 1 is 0.941 bits per heavy atom. The standard InChI is InChI=1S/C55H58F4N6O2Si/c1-33(2)68(34(3)4,35(5)6)23-18-42-47-38(25-45(57)48(42)58)24-41(61-50(36-14-9-7-10-15-36)37-16-11-8-12-17-37)27-43(47)51-49(59)52-44(29-60-51)53(65-21-22-66-31-39-26-46(39)65)63-54(62-52)67-32-55-19-13-20-64(55)30-40(56)28-55/h7-12,14-17,24-25,27,29,33-35,39-40,46H,13,19-22,26,28,30-32H2,1-6H3/t39-,40+,46-,55-/m0/s1/i32D2. The number of aromatic nitrogens is 3. The molecule has 4 fully saturated rings. The van der Waals surface area contributed by atoms with Crippen molar-refractivity contribution in [2.45, 2.75) is 102 Å². The number of nitrogens with zero attached hydrogens (tertiary/aromatic N) is 6. The smallest absolute Gasteiger partial charge is 0.319 e. The highest BCUT2D eigenvalue weighted by molar-refractivity contribution is 6.90. The Balaban J connectivity index is 1.24. The molecule has 5 heterocycles. The van der Waals surface area contributed by atoms with Crippen LogP contribution < -0.4 is 9.64 Å². The maximum absolute atomic E-state index is 18.3. The topological polar surface area (TPSA) is 76.0 Å². The van der Waals surface area contributed by atoms with Crippen molar-refractivity contribution < 1.29 is 29.8 Å². The van der Waals surface area contributed by atoms with E-state index in [0.29, 0.717) is 56.4 Å². The molecule has 3 saturated heterocycles. The molecule has 8 nitrogen and oxygen atoms in total. The average molecular weight is 941 g/mol. The van der Waals surface area contributed by atoms with Gasteiger partial charge in [0.1, 0.15) is 37.8 Å². The van der Waals surface area contributed by atoms with Crippen molar-refractivity contribution in [3.8, 4) is 28.7 Å². The van der Waals surface area contributed by atoms with E-state index in [1.807, 2.05) is 70.5 Å². The quantitative estimate of drug-likeness (QED) is 0.0554. The van der Waals surface area contributed by atoms with Gasteiger partial charge in [-0.15, -0.1) is 5.54 Å². The van der Waals surface area contributed by atoms with Crippen molar-refractivity contribution >= 4 is 47.0 Å². The molecule has 0 unspecified atom stereocenters. The third kappa shape index (κ3) is 8.26. The minimum atomic E-state index is -2.53. The molecule has 0 N–H and O–H groups in total. The first kappa shape index (κ1) is 43.6. The molecular weight excluding hydrogens is 881 g/mol. The number of halogens is 4. The van der Waals surface area contributed by atoms with E-state index in [4.69, 9.17) is 24.4 Å². The van der Waals surface area contributed by atoms with Gasteiger partial charge in [0.15, 0.2) is 17.5 Å². The summed E-state index contributed by atoms with van der Waals surface area (Å²) in [7, 11) is -2.53. The molecule has 0 amide bonds. The van der Waals surface area contributed by atoms with Crippen LogP contribution in [0.4, 0.5) is 29.1 Å². The summed E-state index contributed by atoms with van der Waals surface area (Å²) in [6, 6.07) is 23.2. The predicted octanol–water partition coefficient (Wildman–Crippen LogP) is 12.2. The number of fused-ring (bicyclic) bond motifs is 4. The second kappa shape index (κ2) is 18.3. The van der Waals surface area contributed by atoms with Crippen LogP contribution in [-0.4, -0.2) is 90.8 Å². The van der Waals surface area contributed by atoms with Crippen molar-refractivity contribution in [3.63, 3.8) is 0 Å². The van der Waals surface area contributed by atoms with Crippen LogP contribution in [-0.2, 0) is 4.74 Å². The molecule has 0 spiro atoms. The maximum Gasteiger partial charge on any atom is 0.319 e. The summed E-state index contributed by atoms with van der Waals surface area (Å²) in [4.78, 5) is 23.2. The summed E-state index contributed by atoms with van der Waals surface area (Å²) in [5.41, 5.74) is 4.81. The van der Waals surface area contributed by atoms with Gasteiger partial charge in [-0.2, -0.15) is 9.97 Å². The molecule has 1 saturated carbocycles. The molecule has 1 aliphatic carbocycles. The van der Waals surface area contributed by atoms with Crippen LogP contribution in [0.25, 0.3) is 32.9 Å². The molecule has 352 valence electrons. The average Bonchev–Trinajstić information content (AvgIpc) is 3.91. The molecule has 0 radical (unpaired) electrons. The fraction of sp³-hybridized carbons (Fsp3) is 0.418. The fourth-order valence-corrected chi connectivity index (χ4v) is 16.8. The molecule has 6 aromatic rings. The number of rotatable bonds is 11. The molecule has 4 aromatic carbocycles. The summed E-state index contributed by atoms with van der Waals surface area (Å²) >= 11 is 0. The Kier molecular flexibility index (Phi) is 11.7. The molecule has 2 aromatic heterocycles. The van der Waals surface area contributed by atoms with E-state index in [2.05, 4.69) is 58.0 Å². The Labute approximate surface area is 400 Å². The molecular formula is C55H58F4N6O2Si. The normalized spacial score (nSPS) is 22.2. The van der Waals surface area contributed by atoms with Gasteiger partial charge in [-0.1, -0.05) is 108 Å². The first-order valence-corrected chi connectivity index (χ1v) is 26.2. The minimum absolute atomic E-state index is 0.0260. The SMILES string of the molecule is [2H]C([2H])(Oc1nc(N2CCOC[C@@H]3C[C@@H]32)c2cnc(-c3cc(N=C(c4ccccc4)c4ccccc4)cc4cc(F)c(F)c(C#C[Si](C(C)C)(C(C)C)C(C)C)c34)c(F)c2n1)[C@@]12CCCN1C[C@H](F)C2. The highest BCUT2D eigenvalue weighted by Gasteiger charge is 2.50. The molecule has 13 heteroatoms. The zero-order valence-electron chi connectivity index (χ0n) is 41.4. The minimum Gasteiger partial charge on any atom is -0.461 e. The third-order valence-corrected chi connectivity index (χ3v) is 21.2. The number of pyridine rings is 1. The zero-order chi connectivity index (χ0) is 49.3. The molecule has 68 heavy (non-hydrogen) atoms. The van der Waals surface area contributed by atoms with Crippen LogP contribution >= 0.6 is 0 Å². The van der Waals surface area contributed by atoms with E-state index in [9.17, 15) is 2.74 Å². The Morgan fingerprint density at radius 3 is 2.34 bits per heavy atom. The van der Waals surface area contributed by atoms with Gasteiger partial charge in [0.05, 0.1) is 43.8 Å². The molecule has 3 aliphatic heterocycles. The number of benzene rings is 4. The number of anilines is 1. The second-order valence-corrected chi connectivity index (χ2v) is 25.5. The highest BCUT2D eigenvalue weighted by Crippen LogP contribution is 2.46. The van der Waals surface area contributed by atoms with Gasteiger partial charge < -0.3 is 14.4 Å². The Bertz CT molecular complexity index is 3020. The van der Waals surface area contributed by atoms with Gasteiger partial charge >= 0.3 is 6.01 Å². The first-order chi connectivity index (χ1) is 33.5. The van der Waals surface area contributed by atoms with Gasteiger partial charge in [0.25, 0.3) is 0 Å². The number of ether oxygens (including phenoxy) is 2. The molecule has 4 atom stereocenters. The van der Waals surface area contributed by atoms with Crippen molar-refractivity contribution in [1.29, 1.82) is 0 Å².